The summed E-state index contributed by atoms with van der Waals surface area (Å²) in [6, 6.07) is 0. The van der Waals surface area contributed by atoms with Gasteiger partial charge in [0.1, 0.15) is 0 Å². The zero-order valence-electron chi connectivity index (χ0n) is 15.3. The summed E-state index contributed by atoms with van der Waals surface area (Å²) in [4.78, 5) is 2.39. The fourth-order valence-corrected chi connectivity index (χ4v) is 3.56. The van der Waals surface area contributed by atoms with E-state index in [1.165, 1.54) is 46.5 Å². The highest BCUT2D eigenvalue weighted by molar-refractivity contribution is 5.44. The predicted molar refractivity (Wildman–Crippen MR) is 104 cm³/mol. The molecule has 0 radical (unpaired) electrons. The van der Waals surface area contributed by atoms with Crippen molar-refractivity contribution in [1.82, 2.24) is 4.90 Å². The Bertz CT molecular complexity index is 706. The normalized spacial score (nSPS) is 25.9. The maximum Gasteiger partial charge on any atom is 0.0183 e. The van der Waals surface area contributed by atoms with Gasteiger partial charge in [-0.05, 0) is 69.2 Å². The van der Waals surface area contributed by atoms with Gasteiger partial charge in [-0.1, -0.05) is 48.1 Å². The maximum absolute atomic E-state index is 4.14. The summed E-state index contributed by atoms with van der Waals surface area (Å²) in [6.45, 7) is 8.51. The van der Waals surface area contributed by atoms with Crippen LogP contribution in [0.25, 0.3) is 0 Å². The van der Waals surface area contributed by atoms with Gasteiger partial charge in [-0.2, -0.15) is 0 Å². The average molecular weight is 319 g/mol. The van der Waals surface area contributed by atoms with E-state index in [4.69, 9.17) is 0 Å². The van der Waals surface area contributed by atoms with Crippen molar-refractivity contribution in [2.45, 2.75) is 46.0 Å². The van der Waals surface area contributed by atoms with Gasteiger partial charge >= 0.3 is 0 Å². The van der Waals surface area contributed by atoms with E-state index < -0.39 is 0 Å². The van der Waals surface area contributed by atoms with Crippen molar-refractivity contribution >= 4 is 0 Å². The first-order chi connectivity index (χ1) is 11.6. The maximum atomic E-state index is 4.14. The van der Waals surface area contributed by atoms with Crippen LogP contribution < -0.4 is 0 Å². The zero-order valence-corrected chi connectivity index (χ0v) is 15.3. The van der Waals surface area contributed by atoms with E-state index in [1.54, 1.807) is 0 Å². The lowest BCUT2D eigenvalue weighted by atomic mass is 9.82. The molecule has 0 heterocycles. The van der Waals surface area contributed by atoms with Crippen molar-refractivity contribution in [2.75, 3.05) is 7.05 Å². The number of hydrogen-bond donors (Lipinski definition) is 0. The lowest BCUT2D eigenvalue weighted by molar-refractivity contribution is 0.453. The van der Waals surface area contributed by atoms with Crippen LogP contribution in [0.3, 0.4) is 0 Å². The fourth-order valence-electron chi connectivity index (χ4n) is 3.56. The van der Waals surface area contributed by atoms with E-state index >= 15 is 0 Å². The van der Waals surface area contributed by atoms with Crippen LogP contribution in [0.2, 0.25) is 0 Å². The smallest absolute Gasteiger partial charge is 0.0183 e. The molecule has 0 aromatic carbocycles. The highest BCUT2D eigenvalue weighted by Crippen LogP contribution is 2.36. The molecular formula is C23H29N. The predicted octanol–water partition coefficient (Wildman–Crippen LogP) is 6.22. The first-order valence-corrected chi connectivity index (χ1v) is 9.11. The highest BCUT2D eigenvalue weighted by atomic mass is 15.1. The van der Waals surface area contributed by atoms with E-state index in [-0.39, 0.29) is 0 Å². The Morgan fingerprint density at radius 2 is 1.96 bits per heavy atom. The Morgan fingerprint density at radius 1 is 1.12 bits per heavy atom. The van der Waals surface area contributed by atoms with Crippen LogP contribution in [0.4, 0.5) is 0 Å². The molecular weight excluding hydrogens is 290 g/mol. The molecule has 1 heteroatoms. The monoisotopic (exact) mass is 319 g/mol. The van der Waals surface area contributed by atoms with Gasteiger partial charge in [-0.25, -0.2) is 0 Å². The van der Waals surface area contributed by atoms with Crippen molar-refractivity contribution in [3.8, 4) is 0 Å². The van der Waals surface area contributed by atoms with Crippen LogP contribution in [0.5, 0.6) is 0 Å². The van der Waals surface area contributed by atoms with Gasteiger partial charge in [0, 0.05) is 24.4 Å². The van der Waals surface area contributed by atoms with Gasteiger partial charge in [-0.3, -0.25) is 0 Å². The molecule has 0 amide bonds. The molecule has 1 nitrogen and oxygen atoms in total. The molecule has 0 N–H and O–H groups in total. The van der Waals surface area contributed by atoms with Crippen molar-refractivity contribution in [3.63, 3.8) is 0 Å². The summed E-state index contributed by atoms with van der Waals surface area (Å²) in [5.74, 6) is 0.472. The van der Waals surface area contributed by atoms with Crippen LogP contribution in [-0.4, -0.2) is 11.9 Å². The Balaban J connectivity index is 1.72. The Hall–Kier alpha value is -2.02. The summed E-state index contributed by atoms with van der Waals surface area (Å²) in [5, 5.41) is 0. The van der Waals surface area contributed by atoms with E-state index in [9.17, 15) is 0 Å². The van der Waals surface area contributed by atoms with Crippen LogP contribution >= 0.6 is 0 Å². The molecule has 24 heavy (non-hydrogen) atoms. The number of allylic oxidation sites excluding steroid dienone is 13. The molecule has 1 unspecified atom stereocenters. The minimum Gasteiger partial charge on any atom is -0.352 e. The van der Waals surface area contributed by atoms with Crippen molar-refractivity contribution in [1.29, 1.82) is 0 Å². The third-order valence-electron chi connectivity index (χ3n) is 5.51. The third-order valence-corrected chi connectivity index (χ3v) is 5.51. The van der Waals surface area contributed by atoms with Gasteiger partial charge in [0.2, 0.25) is 0 Å². The van der Waals surface area contributed by atoms with Crippen molar-refractivity contribution in [2.24, 2.45) is 5.92 Å². The molecule has 0 aromatic heterocycles. The SMILES string of the molecule is C=C1CC/C1=C/C(=C\C)C1C=CC=C(N(C)C2=CC=C(C)CC2)C1. The summed E-state index contributed by atoms with van der Waals surface area (Å²) >= 11 is 0. The molecule has 3 rings (SSSR count). The Kier molecular flexibility index (Phi) is 5.08. The Morgan fingerprint density at radius 3 is 2.54 bits per heavy atom. The fraction of sp³-hybridized carbons (Fsp3) is 0.391. The van der Waals surface area contributed by atoms with Gasteiger partial charge in [0.25, 0.3) is 0 Å². The topological polar surface area (TPSA) is 3.24 Å². The van der Waals surface area contributed by atoms with E-state index in [1.807, 2.05) is 0 Å². The van der Waals surface area contributed by atoms with Gasteiger partial charge in [0.05, 0.1) is 0 Å². The molecule has 1 fully saturated rings. The van der Waals surface area contributed by atoms with Crippen LogP contribution in [0.1, 0.15) is 46.0 Å². The molecule has 0 aliphatic heterocycles. The van der Waals surface area contributed by atoms with Crippen LogP contribution in [-0.2, 0) is 0 Å². The lowest BCUT2D eigenvalue weighted by Gasteiger charge is -2.31. The second-order valence-corrected chi connectivity index (χ2v) is 7.15. The van der Waals surface area contributed by atoms with E-state index in [0.29, 0.717) is 5.92 Å². The van der Waals surface area contributed by atoms with E-state index in [0.717, 1.165) is 19.3 Å². The number of rotatable bonds is 4. The van der Waals surface area contributed by atoms with Crippen LogP contribution in [0.15, 0.2) is 82.8 Å². The number of hydrogen-bond acceptors (Lipinski definition) is 1. The third kappa shape index (κ3) is 3.56. The largest absolute Gasteiger partial charge is 0.352 e. The quantitative estimate of drug-likeness (QED) is 0.594. The molecule has 1 atom stereocenters. The summed E-state index contributed by atoms with van der Waals surface area (Å²) in [6.07, 6.45) is 21.8. The second-order valence-electron chi connectivity index (χ2n) is 7.15. The molecule has 1 saturated carbocycles. The molecule has 0 spiro atoms. The van der Waals surface area contributed by atoms with Gasteiger partial charge in [-0.15, -0.1) is 0 Å². The molecule has 0 aromatic rings. The molecule has 0 bridgehead atoms. The van der Waals surface area contributed by atoms with Gasteiger partial charge < -0.3 is 4.90 Å². The molecule has 0 saturated heterocycles. The van der Waals surface area contributed by atoms with Crippen molar-refractivity contribution < 1.29 is 0 Å². The minimum absolute atomic E-state index is 0.472. The molecule has 126 valence electrons. The lowest BCUT2D eigenvalue weighted by Crippen LogP contribution is -2.21. The first-order valence-electron chi connectivity index (χ1n) is 9.11. The van der Waals surface area contributed by atoms with Crippen LogP contribution in [0, 0.1) is 5.92 Å². The molecule has 3 aliphatic carbocycles. The number of nitrogens with zero attached hydrogens (tertiary/aromatic N) is 1. The molecule has 3 aliphatic rings. The standard InChI is InChI=1S/C23H29N/c1-5-19(15-20-12-11-18(20)3)21-7-6-8-23(16-21)24(4)22-13-9-17(2)10-14-22/h5-9,13,15,21H,3,10-12,14,16H2,1-2,4H3/b19-5+,20-15-. The zero-order chi connectivity index (χ0) is 17.1. The van der Waals surface area contributed by atoms with Gasteiger partial charge in [0.15, 0.2) is 0 Å². The second kappa shape index (κ2) is 7.25. The average Bonchev–Trinajstić information content (AvgIpc) is 2.61. The highest BCUT2D eigenvalue weighted by Gasteiger charge is 2.21. The van der Waals surface area contributed by atoms with E-state index in [2.05, 4.69) is 74.9 Å². The summed E-state index contributed by atoms with van der Waals surface area (Å²) in [7, 11) is 2.21. The summed E-state index contributed by atoms with van der Waals surface area (Å²) < 4.78 is 0. The Labute approximate surface area is 147 Å². The van der Waals surface area contributed by atoms with Crippen molar-refractivity contribution in [3.05, 3.63) is 82.8 Å². The minimum atomic E-state index is 0.472. The first kappa shape index (κ1) is 16.8. The summed E-state index contributed by atoms with van der Waals surface area (Å²) in [5.41, 5.74) is 8.49.